The largest absolute Gasteiger partial charge is 0.335 e. The van der Waals surface area contributed by atoms with Crippen molar-refractivity contribution in [3.63, 3.8) is 0 Å². The van der Waals surface area contributed by atoms with Crippen LogP contribution in [-0.4, -0.2) is 5.54 Å². The molecule has 0 spiro atoms. The van der Waals surface area contributed by atoms with Gasteiger partial charge >= 0.3 is 0 Å². The fourth-order valence-corrected chi connectivity index (χ4v) is 4.04. The summed E-state index contributed by atoms with van der Waals surface area (Å²) in [7, 11) is 0. The fraction of sp³-hybridized carbons (Fsp3) is 0.429. The molecule has 1 fully saturated rings. The summed E-state index contributed by atoms with van der Waals surface area (Å²) in [6.45, 7) is 4.79. The van der Waals surface area contributed by atoms with Crippen molar-refractivity contribution in [3.8, 4) is 0 Å². The van der Waals surface area contributed by atoms with Crippen molar-refractivity contribution in [2.75, 3.05) is 4.90 Å². The van der Waals surface area contributed by atoms with Gasteiger partial charge in [0.15, 0.2) is 0 Å². The molecule has 2 aromatic carbocycles. The van der Waals surface area contributed by atoms with Crippen molar-refractivity contribution in [3.05, 3.63) is 60.7 Å². The van der Waals surface area contributed by atoms with Gasteiger partial charge in [0.2, 0.25) is 0 Å². The second kappa shape index (κ2) is 6.56. The summed E-state index contributed by atoms with van der Waals surface area (Å²) in [6, 6.07) is 21.9. The van der Waals surface area contributed by atoms with Crippen molar-refractivity contribution in [1.29, 1.82) is 0 Å². The van der Waals surface area contributed by atoms with E-state index in [1.54, 1.807) is 0 Å². The molecule has 0 saturated heterocycles. The van der Waals surface area contributed by atoms with Crippen molar-refractivity contribution >= 4 is 11.4 Å². The quantitative estimate of drug-likeness (QED) is 0.650. The van der Waals surface area contributed by atoms with Crippen LogP contribution in [0.15, 0.2) is 60.7 Å². The Morgan fingerprint density at radius 2 is 1.18 bits per heavy atom. The minimum Gasteiger partial charge on any atom is -0.335 e. The Balaban J connectivity index is 2.12. The molecule has 22 heavy (non-hydrogen) atoms. The standard InChI is InChI=1S/C21H27N/c1-18(2)21(16-10-5-11-17-21)22(19-12-6-3-7-13-19)20-14-8-4-9-15-20/h3-4,6-9,12-15,18H,5,10-11,16-17H2,1-2H3. The molecule has 1 heteroatoms. The molecule has 0 N–H and O–H groups in total. The van der Waals surface area contributed by atoms with Crippen LogP contribution in [0.5, 0.6) is 0 Å². The van der Waals surface area contributed by atoms with E-state index in [1.807, 2.05) is 0 Å². The summed E-state index contributed by atoms with van der Waals surface area (Å²) in [4.78, 5) is 2.62. The third kappa shape index (κ3) is 2.77. The number of rotatable bonds is 4. The van der Waals surface area contributed by atoms with Gasteiger partial charge in [-0.15, -0.1) is 0 Å². The molecule has 1 saturated carbocycles. The zero-order chi connectivity index (χ0) is 15.4. The Kier molecular flexibility index (Phi) is 4.52. The topological polar surface area (TPSA) is 3.24 Å². The summed E-state index contributed by atoms with van der Waals surface area (Å²) in [5, 5.41) is 0. The highest BCUT2D eigenvalue weighted by molar-refractivity contribution is 5.66. The molecule has 1 aliphatic carbocycles. The third-order valence-electron chi connectivity index (χ3n) is 5.27. The van der Waals surface area contributed by atoms with Gasteiger partial charge in [-0.05, 0) is 43.0 Å². The first-order valence-corrected chi connectivity index (χ1v) is 8.64. The lowest BCUT2D eigenvalue weighted by atomic mass is 9.72. The van der Waals surface area contributed by atoms with E-state index in [9.17, 15) is 0 Å². The zero-order valence-corrected chi connectivity index (χ0v) is 13.8. The molecule has 1 aliphatic rings. The van der Waals surface area contributed by atoms with Gasteiger partial charge < -0.3 is 4.90 Å². The van der Waals surface area contributed by atoms with E-state index in [-0.39, 0.29) is 5.54 Å². The Bertz CT molecular complexity index is 528. The first-order valence-electron chi connectivity index (χ1n) is 8.64. The van der Waals surface area contributed by atoms with E-state index in [0.29, 0.717) is 5.92 Å². The Hall–Kier alpha value is -1.76. The van der Waals surface area contributed by atoms with Crippen molar-refractivity contribution in [2.45, 2.75) is 51.5 Å². The lowest BCUT2D eigenvalue weighted by Crippen LogP contribution is -2.51. The molecule has 0 bridgehead atoms. The van der Waals surface area contributed by atoms with E-state index in [4.69, 9.17) is 0 Å². The maximum atomic E-state index is 2.62. The smallest absolute Gasteiger partial charge is 0.0474 e. The predicted molar refractivity (Wildman–Crippen MR) is 95.7 cm³/mol. The molecule has 0 aromatic heterocycles. The molecular formula is C21H27N. The van der Waals surface area contributed by atoms with E-state index < -0.39 is 0 Å². The maximum absolute atomic E-state index is 2.62. The van der Waals surface area contributed by atoms with E-state index in [2.05, 4.69) is 79.4 Å². The van der Waals surface area contributed by atoms with Gasteiger partial charge in [0, 0.05) is 16.9 Å². The van der Waals surface area contributed by atoms with Gasteiger partial charge in [-0.25, -0.2) is 0 Å². The SMILES string of the molecule is CC(C)C1(N(c2ccccc2)c2ccccc2)CCCCC1. The lowest BCUT2D eigenvalue weighted by molar-refractivity contribution is 0.219. The monoisotopic (exact) mass is 293 g/mol. The summed E-state index contributed by atoms with van der Waals surface area (Å²) in [5.41, 5.74) is 2.88. The minimum atomic E-state index is 0.237. The molecule has 0 heterocycles. The van der Waals surface area contributed by atoms with E-state index in [0.717, 1.165) is 0 Å². The first kappa shape index (κ1) is 15.1. The molecule has 3 rings (SSSR count). The van der Waals surface area contributed by atoms with Gasteiger partial charge in [-0.1, -0.05) is 69.5 Å². The van der Waals surface area contributed by atoms with Crippen LogP contribution in [0.1, 0.15) is 46.0 Å². The average Bonchev–Trinajstić information content (AvgIpc) is 2.58. The summed E-state index contributed by atoms with van der Waals surface area (Å²) in [6.07, 6.45) is 6.64. The van der Waals surface area contributed by atoms with E-state index >= 15 is 0 Å². The van der Waals surface area contributed by atoms with Gasteiger partial charge in [-0.2, -0.15) is 0 Å². The van der Waals surface area contributed by atoms with E-state index in [1.165, 1.54) is 43.5 Å². The van der Waals surface area contributed by atoms with Gasteiger partial charge in [0.05, 0.1) is 0 Å². The minimum absolute atomic E-state index is 0.237. The van der Waals surface area contributed by atoms with Crippen LogP contribution >= 0.6 is 0 Å². The highest BCUT2D eigenvalue weighted by atomic mass is 15.2. The van der Waals surface area contributed by atoms with Crippen LogP contribution in [0.25, 0.3) is 0 Å². The van der Waals surface area contributed by atoms with Crippen LogP contribution in [0, 0.1) is 5.92 Å². The first-order chi connectivity index (χ1) is 10.7. The molecular weight excluding hydrogens is 266 g/mol. The normalized spacial score (nSPS) is 17.4. The second-order valence-corrected chi connectivity index (χ2v) is 6.83. The molecule has 0 unspecified atom stereocenters. The highest BCUT2D eigenvalue weighted by Gasteiger charge is 2.41. The lowest BCUT2D eigenvalue weighted by Gasteiger charge is -2.51. The van der Waals surface area contributed by atoms with Crippen molar-refractivity contribution in [1.82, 2.24) is 0 Å². The number of anilines is 2. The average molecular weight is 293 g/mol. The summed E-state index contributed by atoms with van der Waals surface area (Å²) in [5.74, 6) is 0.633. The number of para-hydroxylation sites is 2. The highest BCUT2D eigenvalue weighted by Crippen LogP contribution is 2.45. The number of benzene rings is 2. The number of hydrogen-bond acceptors (Lipinski definition) is 1. The molecule has 2 aromatic rings. The van der Waals surface area contributed by atoms with Crippen molar-refractivity contribution in [2.24, 2.45) is 5.92 Å². The van der Waals surface area contributed by atoms with Crippen molar-refractivity contribution < 1.29 is 0 Å². The maximum Gasteiger partial charge on any atom is 0.0474 e. The Morgan fingerprint density at radius 3 is 1.59 bits per heavy atom. The predicted octanol–water partition coefficient (Wildman–Crippen LogP) is 6.18. The van der Waals surface area contributed by atoms with Gasteiger partial charge in [-0.3, -0.25) is 0 Å². The van der Waals surface area contributed by atoms with Crippen LogP contribution in [0.4, 0.5) is 11.4 Å². The zero-order valence-electron chi connectivity index (χ0n) is 13.8. The van der Waals surface area contributed by atoms with Gasteiger partial charge in [0.1, 0.15) is 0 Å². The molecule has 0 atom stereocenters. The summed E-state index contributed by atoms with van der Waals surface area (Å²) < 4.78 is 0. The fourth-order valence-electron chi connectivity index (χ4n) is 4.04. The number of nitrogens with zero attached hydrogens (tertiary/aromatic N) is 1. The Labute approximate surface area is 135 Å². The molecule has 0 radical (unpaired) electrons. The van der Waals surface area contributed by atoms with Gasteiger partial charge in [0.25, 0.3) is 0 Å². The number of hydrogen-bond donors (Lipinski definition) is 0. The second-order valence-electron chi connectivity index (χ2n) is 6.83. The molecule has 116 valence electrons. The van der Waals surface area contributed by atoms with Crippen LogP contribution < -0.4 is 4.90 Å². The third-order valence-corrected chi connectivity index (χ3v) is 5.27. The molecule has 0 aliphatic heterocycles. The molecule has 0 amide bonds. The van der Waals surface area contributed by atoms with Crippen LogP contribution in [-0.2, 0) is 0 Å². The van der Waals surface area contributed by atoms with Crippen LogP contribution in [0.2, 0.25) is 0 Å². The summed E-state index contributed by atoms with van der Waals surface area (Å²) >= 11 is 0. The molecule has 1 nitrogen and oxygen atoms in total. The van der Waals surface area contributed by atoms with Crippen LogP contribution in [0.3, 0.4) is 0 Å². The Morgan fingerprint density at radius 1 is 0.727 bits per heavy atom.